The number of carbonyl (C=O) groups excluding carboxylic acids is 1. The molecule has 0 saturated carbocycles. The first-order valence-electron chi connectivity index (χ1n) is 10.7. The molecule has 7 heteroatoms. The number of hydrogen-bond acceptors (Lipinski definition) is 5. The Hall–Kier alpha value is -4.26. The highest BCUT2D eigenvalue weighted by atomic mass is 16.6. The number of carbonyl (C=O) groups is 1. The van der Waals surface area contributed by atoms with E-state index in [1.807, 2.05) is 36.4 Å². The second-order valence-electron chi connectivity index (χ2n) is 7.65. The molecule has 4 aromatic rings. The van der Waals surface area contributed by atoms with Crippen molar-refractivity contribution in [1.29, 1.82) is 0 Å². The van der Waals surface area contributed by atoms with E-state index in [2.05, 4.69) is 5.32 Å². The van der Waals surface area contributed by atoms with E-state index < -0.39 is 0 Å². The van der Waals surface area contributed by atoms with Gasteiger partial charge in [-0.25, -0.2) is 0 Å². The molecular formula is C26H22N2O5. The lowest BCUT2D eigenvalue weighted by atomic mass is 10.1. The van der Waals surface area contributed by atoms with Gasteiger partial charge in [0.2, 0.25) is 5.91 Å². The maximum absolute atomic E-state index is 13.0. The zero-order valence-electron chi connectivity index (χ0n) is 17.8. The molecule has 0 spiro atoms. The first-order chi connectivity index (χ1) is 16.2. The van der Waals surface area contributed by atoms with Gasteiger partial charge in [0.15, 0.2) is 11.5 Å². The molecule has 0 bridgehead atoms. The molecule has 0 radical (unpaired) electrons. The number of nitrogens with one attached hydrogen (secondary N) is 1. The molecule has 1 N–H and O–H groups in total. The largest absolute Gasteiger partial charge is 0.488 e. The second-order valence-corrected chi connectivity index (χ2v) is 7.65. The highest BCUT2D eigenvalue weighted by molar-refractivity contribution is 5.92. The van der Waals surface area contributed by atoms with Crippen molar-refractivity contribution in [2.24, 2.45) is 0 Å². The van der Waals surface area contributed by atoms with Crippen molar-refractivity contribution < 1.29 is 19.0 Å². The summed E-state index contributed by atoms with van der Waals surface area (Å²) in [5.74, 6) is 1.55. The zero-order chi connectivity index (χ0) is 22.6. The number of amides is 1. The summed E-state index contributed by atoms with van der Waals surface area (Å²) in [7, 11) is 0. The van der Waals surface area contributed by atoms with Crippen molar-refractivity contribution in [3.05, 3.63) is 94.9 Å². The summed E-state index contributed by atoms with van der Waals surface area (Å²) in [6.45, 7) is 1.26. The van der Waals surface area contributed by atoms with Gasteiger partial charge in [-0.15, -0.1) is 0 Å². The van der Waals surface area contributed by atoms with E-state index in [1.54, 1.807) is 42.6 Å². The van der Waals surface area contributed by atoms with Gasteiger partial charge in [-0.05, 0) is 35.9 Å². The highest BCUT2D eigenvalue weighted by Crippen LogP contribution is 2.32. The number of rotatable bonds is 6. The summed E-state index contributed by atoms with van der Waals surface area (Å²) in [6.07, 6.45) is 1.61. The number of aromatic nitrogens is 1. The Labute approximate surface area is 190 Å². The number of anilines is 1. The van der Waals surface area contributed by atoms with Crippen LogP contribution in [0.5, 0.6) is 17.2 Å². The molecule has 2 heterocycles. The summed E-state index contributed by atoms with van der Waals surface area (Å²) in [5, 5.41) is 4.01. The molecule has 1 amide bonds. The van der Waals surface area contributed by atoms with Gasteiger partial charge in [0, 0.05) is 23.3 Å². The van der Waals surface area contributed by atoms with Crippen LogP contribution in [0.25, 0.3) is 10.8 Å². The fraction of sp³-hybridized carbons (Fsp3) is 0.154. The van der Waals surface area contributed by atoms with Crippen molar-refractivity contribution in [3.8, 4) is 17.2 Å². The second kappa shape index (κ2) is 9.08. The Kier molecular flexibility index (Phi) is 5.68. The molecule has 0 saturated heterocycles. The van der Waals surface area contributed by atoms with E-state index in [-0.39, 0.29) is 18.0 Å². The zero-order valence-corrected chi connectivity index (χ0v) is 17.8. The summed E-state index contributed by atoms with van der Waals surface area (Å²) < 4.78 is 18.4. The van der Waals surface area contributed by atoms with Crippen LogP contribution >= 0.6 is 0 Å². The Morgan fingerprint density at radius 2 is 1.73 bits per heavy atom. The first-order valence-corrected chi connectivity index (χ1v) is 10.7. The predicted octanol–water partition coefficient (Wildman–Crippen LogP) is 3.99. The minimum absolute atomic E-state index is 0.113. The lowest BCUT2D eigenvalue weighted by molar-refractivity contribution is -0.116. The van der Waals surface area contributed by atoms with E-state index >= 15 is 0 Å². The number of pyridine rings is 1. The Morgan fingerprint density at radius 3 is 2.58 bits per heavy atom. The molecule has 5 rings (SSSR count). The Morgan fingerprint density at radius 1 is 0.909 bits per heavy atom. The lowest BCUT2D eigenvalue weighted by Crippen LogP contribution is -2.27. The fourth-order valence-electron chi connectivity index (χ4n) is 3.75. The standard InChI is InChI=1S/C26H22N2O5/c29-25(27-19-9-10-23-24(15-19)32-14-13-31-23)16-28-12-11-20-21(26(28)30)7-4-8-22(20)33-17-18-5-2-1-3-6-18/h1-12,15H,13-14,16-17H2,(H,27,29). The summed E-state index contributed by atoms with van der Waals surface area (Å²) in [5.41, 5.74) is 1.36. The van der Waals surface area contributed by atoms with Crippen LogP contribution in [0.4, 0.5) is 5.69 Å². The minimum atomic E-state index is -0.315. The number of nitrogens with zero attached hydrogens (tertiary/aromatic N) is 1. The van der Waals surface area contributed by atoms with Crippen LogP contribution in [-0.4, -0.2) is 23.7 Å². The molecule has 1 aliphatic rings. The van der Waals surface area contributed by atoms with Crippen LogP contribution in [0.15, 0.2) is 83.8 Å². The van der Waals surface area contributed by atoms with Crippen molar-refractivity contribution in [2.75, 3.05) is 18.5 Å². The van der Waals surface area contributed by atoms with Gasteiger partial charge in [-0.1, -0.05) is 36.4 Å². The summed E-state index contributed by atoms with van der Waals surface area (Å²) in [6, 6.07) is 22.2. The third-order valence-corrected chi connectivity index (χ3v) is 5.36. The number of benzene rings is 3. The number of ether oxygens (including phenoxy) is 3. The number of hydrogen-bond donors (Lipinski definition) is 1. The van der Waals surface area contributed by atoms with Crippen molar-refractivity contribution in [1.82, 2.24) is 4.57 Å². The molecule has 1 aromatic heterocycles. The molecule has 3 aromatic carbocycles. The quantitative estimate of drug-likeness (QED) is 0.489. The molecule has 7 nitrogen and oxygen atoms in total. The average Bonchev–Trinajstić information content (AvgIpc) is 2.85. The van der Waals surface area contributed by atoms with Crippen LogP contribution in [0.2, 0.25) is 0 Å². The van der Waals surface area contributed by atoms with Gasteiger partial charge >= 0.3 is 0 Å². The van der Waals surface area contributed by atoms with Crippen LogP contribution in [-0.2, 0) is 17.9 Å². The van der Waals surface area contributed by atoms with Crippen LogP contribution < -0.4 is 25.1 Å². The van der Waals surface area contributed by atoms with Crippen molar-refractivity contribution in [3.63, 3.8) is 0 Å². The lowest BCUT2D eigenvalue weighted by Gasteiger charge is -2.19. The number of fused-ring (bicyclic) bond motifs is 2. The van der Waals surface area contributed by atoms with Crippen LogP contribution in [0.1, 0.15) is 5.56 Å². The Balaban J connectivity index is 1.32. The first kappa shape index (κ1) is 20.6. The normalized spacial score (nSPS) is 12.4. The van der Waals surface area contributed by atoms with Gasteiger partial charge in [-0.2, -0.15) is 0 Å². The smallest absolute Gasteiger partial charge is 0.259 e. The molecule has 33 heavy (non-hydrogen) atoms. The third kappa shape index (κ3) is 4.52. The molecule has 1 aliphatic heterocycles. The molecule has 0 unspecified atom stereocenters. The monoisotopic (exact) mass is 442 g/mol. The van der Waals surface area contributed by atoms with Crippen LogP contribution in [0, 0.1) is 0 Å². The summed E-state index contributed by atoms with van der Waals surface area (Å²) in [4.78, 5) is 25.6. The topological polar surface area (TPSA) is 78.8 Å². The van der Waals surface area contributed by atoms with Gasteiger partial charge in [0.05, 0.1) is 5.39 Å². The van der Waals surface area contributed by atoms with E-state index in [1.165, 1.54) is 4.57 Å². The van der Waals surface area contributed by atoms with Crippen molar-refractivity contribution >= 4 is 22.4 Å². The molecular weight excluding hydrogens is 420 g/mol. The van der Waals surface area contributed by atoms with Crippen LogP contribution in [0.3, 0.4) is 0 Å². The van der Waals surface area contributed by atoms with E-state index in [4.69, 9.17) is 14.2 Å². The fourth-order valence-corrected chi connectivity index (χ4v) is 3.75. The highest BCUT2D eigenvalue weighted by Gasteiger charge is 2.14. The summed E-state index contributed by atoms with van der Waals surface area (Å²) >= 11 is 0. The molecule has 166 valence electrons. The third-order valence-electron chi connectivity index (χ3n) is 5.36. The average molecular weight is 442 g/mol. The Bertz CT molecular complexity index is 1360. The SMILES string of the molecule is O=C(Cn1ccc2c(OCc3ccccc3)cccc2c1=O)Nc1ccc2c(c1)OCCO2. The van der Waals surface area contributed by atoms with E-state index in [0.29, 0.717) is 53.5 Å². The predicted molar refractivity (Wildman–Crippen MR) is 125 cm³/mol. The van der Waals surface area contributed by atoms with Gasteiger partial charge in [0.25, 0.3) is 5.56 Å². The molecule has 0 fully saturated rings. The van der Waals surface area contributed by atoms with E-state index in [9.17, 15) is 9.59 Å². The van der Waals surface area contributed by atoms with Gasteiger partial charge < -0.3 is 24.1 Å². The van der Waals surface area contributed by atoms with Gasteiger partial charge in [0.1, 0.15) is 32.1 Å². The molecule has 0 atom stereocenters. The maximum Gasteiger partial charge on any atom is 0.259 e. The van der Waals surface area contributed by atoms with E-state index in [0.717, 1.165) is 5.56 Å². The minimum Gasteiger partial charge on any atom is -0.488 e. The maximum atomic E-state index is 13.0. The molecule has 0 aliphatic carbocycles. The van der Waals surface area contributed by atoms with Gasteiger partial charge in [-0.3, -0.25) is 9.59 Å². The van der Waals surface area contributed by atoms with Crippen molar-refractivity contribution in [2.45, 2.75) is 13.2 Å².